The SMILES string of the molecule is Cc1c[nH]cc1C(=O)N(C)[C@H]1CCO[C@@H]1c1cccnc1. The van der Waals surface area contributed by atoms with E-state index in [1.54, 1.807) is 17.3 Å². The number of likely N-dealkylation sites (N-methyl/N-ethyl adjacent to an activating group) is 1. The molecule has 5 nitrogen and oxygen atoms in total. The lowest BCUT2D eigenvalue weighted by Gasteiger charge is -2.28. The van der Waals surface area contributed by atoms with Crippen molar-refractivity contribution in [3.05, 3.63) is 53.6 Å². The fourth-order valence-electron chi connectivity index (χ4n) is 2.85. The molecule has 110 valence electrons. The van der Waals surface area contributed by atoms with Gasteiger partial charge in [0.05, 0.1) is 11.6 Å². The van der Waals surface area contributed by atoms with Gasteiger partial charge in [-0.2, -0.15) is 0 Å². The third-order valence-electron chi connectivity index (χ3n) is 4.07. The quantitative estimate of drug-likeness (QED) is 0.941. The molecule has 1 saturated heterocycles. The molecule has 3 heterocycles. The number of nitrogens with one attached hydrogen (secondary N) is 1. The van der Waals surface area contributed by atoms with Crippen molar-refractivity contribution in [2.75, 3.05) is 13.7 Å². The van der Waals surface area contributed by atoms with Gasteiger partial charge in [0.15, 0.2) is 0 Å². The van der Waals surface area contributed by atoms with Gasteiger partial charge in [-0.05, 0) is 25.0 Å². The monoisotopic (exact) mass is 285 g/mol. The Balaban J connectivity index is 1.82. The number of carbonyl (C=O) groups is 1. The number of hydrogen-bond acceptors (Lipinski definition) is 3. The zero-order chi connectivity index (χ0) is 14.8. The van der Waals surface area contributed by atoms with Crippen LogP contribution in [-0.2, 0) is 4.74 Å². The van der Waals surface area contributed by atoms with Crippen molar-refractivity contribution in [1.29, 1.82) is 0 Å². The summed E-state index contributed by atoms with van der Waals surface area (Å²) in [7, 11) is 1.84. The molecule has 0 aromatic carbocycles. The fourth-order valence-corrected chi connectivity index (χ4v) is 2.85. The molecule has 3 rings (SSSR count). The smallest absolute Gasteiger partial charge is 0.255 e. The number of ether oxygens (including phenoxy) is 1. The van der Waals surface area contributed by atoms with Crippen LogP contribution < -0.4 is 0 Å². The van der Waals surface area contributed by atoms with E-state index in [4.69, 9.17) is 4.74 Å². The number of hydrogen-bond donors (Lipinski definition) is 1. The molecule has 2 aromatic heterocycles. The Morgan fingerprint density at radius 3 is 3.00 bits per heavy atom. The molecule has 0 aliphatic carbocycles. The largest absolute Gasteiger partial charge is 0.371 e. The first kappa shape index (κ1) is 13.8. The maximum absolute atomic E-state index is 12.6. The standard InChI is InChI=1S/C16H19N3O2/c1-11-8-18-10-13(11)16(20)19(2)14-5-7-21-15(14)12-4-3-6-17-9-12/h3-4,6,8-10,14-15,18H,5,7H2,1-2H3/t14-,15+/m0/s1. The summed E-state index contributed by atoms with van der Waals surface area (Å²) in [4.78, 5) is 21.5. The fraction of sp³-hybridized carbons (Fsp3) is 0.375. The highest BCUT2D eigenvalue weighted by Gasteiger charge is 2.35. The number of nitrogens with zero attached hydrogens (tertiary/aromatic N) is 2. The van der Waals surface area contributed by atoms with Crippen molar-refractivity contribution in [2.24, 2.45) is 0 Å². The highest BCUT2D eigenvalue weighted by atomic mass is 16.5. The lowest BCUT2D eigenvalue weighted by atomic mass is 10.0. The van der Waals surface area contributed by atoms with E-state index >= 15 is 0 Å². The van der Waals surface area contributed by atoms with E-state index in [0.29, 0.717) is 12.2 Å². The van der Waals surface area contributed by atoms with E-state index < -0.39 is 0 Å². The molecule has 1 fully saturated rings. The number of rotatable bonds is 3. The molecular formula is C16H19N3O2. The van der Waals surface area contributed by atoms with Crippen LogP contribution in [-0.4, -0.2) is 40.5 Å². The first-order valence-electron chi connectivity index (χ1n) is 7.10. The van der Waals surface area contributed by atoms with E-state index in [1.807, 2.05) is 38.5 Å². The molecule has 0 unspecified atom stereocenters. The summed E-state index contributed by atoms with van der Waals surface area (Å²) >= 11 is 0. The van der Waals surface area contributed by atoms with Crippen LogP contribution in [0, 0.1) is 6.92 Å². The predicted molar refractivity (Wildman–Crippen MR) is 79.0 cm³/mol. The van der Waals surface area contributed by atoms with Gasteiger partial charge in [0.1, 0.15) is 6.10 Å². The lowest BCUT2D eigenvalue weighted by molar-refractivity contribution is 0.0514. The molecule has 1 amide bonds. The van der Waals surface area contributed by atoms with E-state index in [-0.39, 0.29) is 18.1 Å². The Morgan fingerprint density at radius 2 is 2.33 bits per heavy atom. The molecular weight excluding hydrogens is 266 g/mol. The van der Waals surface area contributed by atoms with Crippen LogP contribution in [0.4, 0.5) is 0 Å². The molecule has 0 radical (unpaired) electrons. The summed E-state index contributed by atoms with van der Waals surface area (Å²) in [5.41, 5.74) is 2.70. The van der Waals surface area contributed by atoms with Crippen molar-refractivity contribution in [3.8, 4) is 0 Å². The van der Waals surface area contributed by atoms with Crippen LogP contribution in [0.25, 0.3) is 0 Å². The summed E-state index contributed by atoms with van der Waals surface area (Å²) in [6.45, 7) is 2.59. The lowest BCUT2D eigenvalue weighted by Crippen LogP contribution is -2.39. The number of aromatic nitrogens is 2. The summed E-state index contributed by atoms with van der Waals surface area (Å²) in [5, 5.41) is 0. The zero-order valence-electron chi connectivity index (χ0n) is 12.2. The Kier molecular flexibility index (Phi) is 3.75. The minimum Gasteiger partial charge on any atom is -0.371 e. The van der Waals surface area contributed by atoms with Gasteiger partial charge >= 0.3 is 0 Å². The molecule has 0 saturated carbocycles. The summed E-state index contributed by atoms with van der Waals surface area (Å²) in [5.74, 6) is 0.0261. The first-order chi connectivity index (χ1) is 10.2. The van der Waals surface area contributed by atoms with Gasteiger partial charge in [-0.3, -0.25) is 9.78 Å². The number of amides is 1. The van der Waals surface area contributed by atoms with Gasteiger partial charge < -0.3 is 14.6 Å². The van der Waals surface area contributed by atoms with Crippen LogP contribution in [0.3, 0.4) is 0 Å². The first-order valence-corrected chi connectivity index (χ1v) is 7.10. The molecule has 1 aliphatic rings. The van der Waals surface area contributed by atoms with Gasteiger partial charge in [-0.1, -0.05) is 6.07 Å². The van der Waals surface area contributed by atoms with Crippen molar-refractivity contribution in [1.82, 2.24) is 14.9 Å². The molecule has 21 heavy (non-hydrogen) atoms. The van der Waals surface area contributed by atoms with Crippen molar-refractivity contribution < 1.29 is 9.53 Å². The average molecular weight is 285 g/mol. The predicted octanol–water partition coefficient (Wildman–Crippen LogP) is 2.32. The number of aryl methyl sites for hydroxylation is 1. The molecule has 2 aromatic rings. The van der Waals surface area contributed by atoms with Crippen LogP contribution in [0.2, 0.25) is 0 Å². The average Bonchev–Trinajstić information content (AvgIpc) is 3.15. The van der Waals surface area contributed by atoms with Crippen LogP contribution in [0.1, 0.15) is 34.0 Å². The van der Waals surface area contributed by atoms with E-state index in [0.717, 1.165) is 17.5 Å². The summed E-state index contributed by atoms with van der Waals surface area (Å²) in [6, 6.07) is 3.93. The topological polar surface area (TPSA) is 58.2 Å². The highest BCUT2D eigenvalue weighted by Crippen LogP contribution is 2.32. The Hall–Kier alpha value is -2.14. The summed E-state index contributed by atoms with van der Waals surface area (Å²) in [6.07, 6.45) is 7.87. The normalized spacial score (nSPS) is 21.4. The van der Waals surface area contributed by atoms with Gasteiger partial charge in [0.25, 0.3) is 5.91 Å². The van der Waals surface area contributed by atoms with E-state index in [1.165, 1.54) is 0 Å². The van der Waals surface area contributed by atoms with Gasteiger partial charge in [0, 0.05) is 44.0 Å². The van der Waals surface area contributed by atoms with Crippen molar-refractivity contribution in [2.45, 2.75) is 25.5 Å². The van der Waals surface area contributed by atoms with Gasteiger partial charge in [-0.25, -0.2) is 0 Å². The third kappa shape index (κ3) is 2.56. The maximum Gasteiger partial charge on any atom is 0.255 e. The van der Waals surface area contributed by atoms with Crippen molar-refractivity contribution >= 4 is 5.91 Å². The molecule has 0 bridgehead atoms. The molecule has 5 heteroatoms. The number of carbonyl (C=O) groups excluding carboxylic acids is 1. The molecule has 1 N–H and O–H groups in total. The summed E-state index contributed by atoms with van der Waals surface area (Å²) < 4.78 is 5.83. The molecule has 0 spiro atoms. The molecule has 1 aliphatic heterocycles. The highest BCUT2D eigenvalue weighted by molar-refractivity contribution is 5.95. The van der Waals surface area contributed by atoms with Crippen molar-refractivity contribution in [3.63, 3.8) is 0 Å². The minimum absolute atomic E-state index is 0.0261. The Labute approximate surface area is 124 Å². The minimum atomic E-state index is -0.105. The number of H-pyrrole nitrogens is 1. The Morgan fingerprint density at radius 1 is 1.48 bits per heavy atom. The second kappa shape index (κ2) is 5.69. The van der Waals surface area contributed by atoms with Crippen LogP contribution in [0.15, 0.2) is 36.9 Å². The van der Waals surface area contributed by atoms with E-state index in [2.05, 4.69) is 9.97 Å². The van der Waals surface area contributed by atoms with Crippen LogP contribution >= 0.6 is 0 Å². The van der Waals surface area contributed by atoms with Crippen LogP contribution in [0.5, 0.6) is 0 Å². The number of aromatic amines is 1. The maximum atomic E-state index is 12.6. The molecule has 2 atom stereocenters. The second-order valence-electron chi connectivity index (χ2n) is 5.40. The Bertz CT molecular complexity index is 623. The van der Waals surface area contributed by atoms with E-state index in [9.17, 15) is 4.79 Å². The zero-order valence-corrected chi connectivity index (χ0v) is 12.2. The second-order valence-corrected chi connectivity index (χ2v) is 5.40. The number of pyridine rings is 1. The third-order valence-corrected chi connectivity index (χ3v) is 4.07. The van der Waals surface area contributed by atoms with Gasteiger partial charge in [0.2, 0.25) is 0 Å². The van der Waals surface area contributed by atoms with Gasteiger partial charge in [-0.15, -0.1) is 0 Å².